The Morgan fingerprint density at radius 1 is 0.708 bits per heavy atom. The molecule has 0 fully saturated rings. The maximum absolute atomic E-state index is 10.6. The number of hydrogen-bond acceptors (Lipinski definition) is 3. The van der Waals surface area contributed by atoms with Gasteiger partial charge >= 0.3 is 29.6 Å². The van der Waals surface area contributed by atoms with E-state index in [2.05, 4.69) is 6.92 Å². The molecule has 0 aliphatic rings. The molecule has 4 nitrogen and oxygen atoms in total. The minimum absolute atomic E-state index is 0. The molecule has 140 valence electrons. The molecule has 0 aliphatic carbocycles. The van der Waals surface area contributed by atoms with E-state index in [0.29, 0.717) is 6.42 Å². The van der Waals surface area contributed by atoms with Crippen LogP contribution in [0.3, 0.4) is 0 Å². The molecule has 0 heterocycles. The Labute approximate surface area is 172 Å². The summed E-state index contributed by atoms with van der Waals surface area (Å²) in [6.07, 6.45) is 17.4. The molecule has 0 radical (unpaired) electrons. The molecule has 0 saturated carbocycles. The predicted molar refractivity (Wildman–Crippen MR) is 97.4 cm³/mol. The van der Waals surface area contributed by atoms with Crippen molar-refractivity contribution in [3.05, 3.63) is 0 Å². The fourth-order valence-electron chi connectivity index (χ4n) is 2.90. The molecule has 0 aliphatic heterocycles. The van der Waals surface area contributed by atoms with Crippen molar-refractivity contribution in [2.24, 2.45) is 0 Å². The van der Waals surface area contributed by atoms with E-state index in [9.17, 15) is 13.5 Å². The third kappa shape index (κ3) is 22.9. The van der Waals surface area contributed by atoms with Gasteiger partial charge in [-0.3, -0.25) is 4.55 Å². The normalized spacial score (nSPS) is 12.8. The molecule has 0 amide bonds. The summed E-state index contributed by atoms with van der Waals surface area (Å²) in [6, 6.07) is 0. The van der Waals surface area contributed by atoms with Gasteiger partial charge in [0, 0.05) is 0 Å². The summed E-state index contributed by atoms with van der Waals surface area (Å²) < 4.78 is 29.8. The quantitative estimate of drug-likeness (QED) is 0.233. The second-order valence-corrected chi connectivity index (χ2v) is 8.28. The molecule has 6 heteroatoms. The summed E-state index contributed by atoms with van der Waals surface area (Å²) in [6.45, 7) is 2.25. The van der Waals surface area contributed by atoms with Crippen LogP contribution in [0.5, 0.6) is 0 Å². The summed E-state index contributed by atoms with van der Waals surface area (Å²) >= 11 is 0. The van der Waals surface area contributed by atoms with Gasteiger partial charge in [0.05, 0.1) is 6.10 Å². The fraction of sp³-hybridized carbons (Fsp3) is 1.00. The number of unbranched alkanes of at least 4 members (excludes halogenated alkanes) is 13. The van der Waals surface area contributed by atoms with Crippen LogP contribution in [-0.2, 0) is 10.1 Å². The van der Waals surface area contributed by atoms with E-state index in [4.69, 9.17) is 4.55 Å². The van der Waals surface area contributed by atoms with Crippen molar-refractivity contribution in [2.75, 3.05) is 5.75 Å². The van der Waals surface area contributed by atoms with Crippen LogP contribution in [0.15, 0.2) is 0 Å². The number of rotatable bonds is 17. The van der Waals surface area contributed by atoms with Crippen LogP contribution in [0.4, 0.5) is 0 Å². The fourth-order valence-corrected chi connectivity index (χ4v) is 3.55. The molecule has 24 heavy (non-hydrogen) atoms. The van der Waals surface area contributed by atoms with Crippen LogP contribution in [0.2, 0.25) is 0 Å². The van der Waals surface area contributed by atoms with E-state index < -0.39 is 22.0 Å². The molecule has 0 rings (SSSR count). The van der Waals surface area contributed by atoms with Crippen LogP contribution < -0.4 is 29.6 Å². The van der Waals surface area contributed by atoms with Gasteiger partial charge in [-0.05, 0) is 6.42 Å². The first-order chi connectivity index (χ1) is 11.0. The third-order valence-electron chi connectivity index (χ3n) is 4.29. The summed E-state index contributed by atoms with van der Waals surface area (Å²) in [5, 5.41) is 9.44. The van der Waals surface area contributed by atoms with Crippen molar-refractivity contribution in [1.29, 1.82) is 0 Å². The number of hydrogen-bond donors (Lipinski definition) is 2. The van der Waals surface area contributed by atoms with E-state index in [1.807, 2.05) is 0 Å². The molecule has 1 unspecified atom stereocenters. The first kappa shape index (κ1) is 27.1. The van der Waals surface area contributed by atoms with Crippen LogP contribution in [0.25, 0.3) is 0 Å². The maximum Gasteiger partial charge on any atom is 1.00 e. The third-order valence-corrected chi connectivity index (χ3v) is 5.10. The summed E-state index contributed by atoms with van der Waals surface area (Å²) in [5.41, 5.74) is 0. The van der Waals surface area contributed by atoms with Crippen molar-refractivity contribution < 1.29 is 47.6 Å². The zero-order valence-electron chi connectivity index (χ0n) is 16.0. The zero-order chi connectivity index (χ0) is 17.4. The average molecular weight is 374 g/mol. The molecule has 0 aromatic rings. The second-order valence-electron chi connectivity index (χ2n) is 6.79. The summed E-state index contributed by atoms with van der Waals surface area (Å²) in [4.78, 5) is 0. The second kappa shape index (κ2) is 18.7. The van der Waals surface area contributed by atoms with Crippen molar-refractivity contribution in [3.63, 3.8) is 0 Å². The van der Waals surface area contributed by atoms with Crippen LogP contribution in [0.1, 0.15) is 103 Å². The SMILES string of the molecule is CCCCCCCCCCCCCCCCC(O)CS(=O)(=O)O.[Na+]. The largest absolute Gasteiger partial charge is 1.00 e. The van der Waals surface area contributed by atoms with E-state index in [-0.39, 0.29) is 29.6 Å². The Balaban J connectivity index is 0. The number of aliphatic hydroxyl groups is 1. The maximum atomic E-state index is 10.6. The monoisotopic (exact) mass is 373 g/mol. The van der Waals surface area contributed by atoms with Gasteiger partial charge in [0.1, 0.15) is 5.75 Å². The minimum Gasteiger partial charge on any atom is -0.392 e. The topological polar surface area (TPSA) is 74.6 Å². The van der Waals surface area contributed by atoms with Gasteiger partial charge in [-0.15, -0.1) is 0 Å². The van der Waals surface area contributed by atoms with Crippen molar-refractivity contribution in [2.45, 2.75) is 109 Å². The molecular weight excluding hydrogens is 335 g/mol. The Kier molecular flexibility index (Phi) is 21.1. The standard InChI is InChI=1S/C18H38O4S.Na/c1-2-3-4-5-6-7-8-9-10-11-12-13-14-15-16-18(19)17-23(20,21)22;/h18-19H,2-17H2,1H3,(H,20,21,22);/q;+1. The minimum atomic E-state index is -4.04. The first-order valence-electron chi connectivity index (χ1n) is 9.59. The summed E-state index contributed by atoms with van der Waals surface area (Å²) in [5.74, 6) is -0.536. The Bertz CT molecular complexity index is 347. The van der Waals surface area contributed by atoms with E-state index >= 15 is 0 Å². The van der Waals surface area contributed by atoms with Gasteiger partial charge in [-0.2, -0.15) is 8.42 Å². The van der Waals surface area contributed by atoms with Crippen LogP contribution in [0, 0.1) is 0 Å². The van der Waals surface area contributed by atoms with Gasteiger partial charge in [0.2, 0.25) is 0 Å². The molecule has 2 N–H and O–H groups in total. The van der Waals surface area contributed by atoms with Gasteiger partial charge < -0.3 is 5.11 Å². The van der Waals surface area contributed by atoms with Gasteiger partial charge in [0.15, 0.2) is 0 Å². The van der Waals surface area contributed by atoms with Gasteiger partial charge in [-0.25, -0.2) is 0 Å². The van der Waals surface area contributed by atoms with Crippen LogP contribution >= 0.6 is 0 Å². The smallest absolute Gasteiger partial charge is 0.392 e. The molecule has 0 saturated heterocycles. The van der Waals surface area contributed by atoms with Crippen molar-refractivity contribution >= 4 is 10.1 Å². The van der Waals surface area contributed by atoms with Crippen molar-refractivity contribution in [1.82, 2.24) is 0 Å². The Morgan fingerprint density at radius 3 is 1.38 bits per heavy atom. The van der Waals surface area contributed by atoms with E-state index in [1.165, 1.54) is 70.6 Å². The average Bonchev–Trinajstić information content (AvgIpc) is 2.46. The number of aliphatic hydroxyl groups excluding tert-OH is 1. The van der Waals surface area contributed by atoms with Gasteiger partial charge in [-0.1, -0.05) is 96.8 Å². The Morgan fingerprint density at radius 2 is 1.04 bits per heavy atom. The molecular formula is C18H38NaO4S+. The van der Waals surface area contributed by atoms with Crippen molar-refractivity contribution in [3.8, 4) is 0 Å². The molecule has 0 aromatic carbocycles. The molecule has 0 bridgehead atoms. The Hall–Kier alpha value is 0.870. The molecule has 1 atom stereocenters. The van der Waals surface area contributed by atoms with Crippen LogP contribution in [-0.4, -0.2) is 29.9 Å². The summed E-state index contributed by atoms with van der Waals surface area (Å²) in [7, 11) is -4.04. The molecule has 0 aromatic heterocycles. The van der Waals surface area contributed by atoms with E-state index in [1.54, 1.807) is 0 Å². The zero-order valence-corrected chi connectivity index (χ0v) is 18.8. The molecule has 0 spiro atoms. The first-order valence-corrected chi connectivity index (χ1v) is 11.2. The van der Waals surface area contributed by atoms with Gasteiger partial charge in [0.25, 0.3) is 10.1 Å². The predicted octanol–water partition coefficient (Wildman–Crippen LogP) is 2.11. The van der Waals surface area contributed by atoms with E-state index in [0.717, 1.165) is 19.3 Å².